The second-order valence-electron chi connectivity index (χ2n) is 3.31. The van der Waals surface area contributed by atoms with Crippen molar-refractivity contribution < 1.29 is 9.94 Å². The third kappa shape index (κ3) is 3.38. The maximum atomic E-state index is 8.58. The second-order valence-corrected chi connectivity index (χ2v) is 3.31. The van der Waals surface area contributed by atoms with Crippen molar-refractivity contribution in [3.05, 3.63) is 24.3 Å². The predicted molar refractivity (Wildman–Crippen MR) is 65.3 cm³/mol. The van der Waals surface area contributed by atoms with Gasteiger partial charge in [-0.3, -0.25) is 4.99 Å². The quantitative estimate of drug-likeness (QED) is 0.481. The van der Waals surface area contributed by atoms with Gasteiger partial charge in [-0.1, -0.05) is 5.16 Å². The molecule has 0 bridgehead atoms. The number of hydrogen-bond acceptors (Lipinski definition) is 4. The third-order valence-electron chi connectivity index (χ3n) is 2.12. The molecule has 1 aromatic carbocycles. The Labute approximate surface area is 95.3 Å². The van der Waals surface area contributed by atoms with Gasteiger partial charge in [0.15, 0.2) is 0 Å². The smallest absolute Gasteiger partial charge is 0.119 e. The minimum Gasteiger partial charge on any atom is -0.494 e. The van der Waals surface area contributed by atoms with Crippen molar-refractivity contribution in [3.63, 3.8) is 0 Å². The molecule has 0 saturated carbocycles. The summed E-state index contributed by atoms with van der Waals surface area (Å²) in [7, 11) is 0. The molecule has 0 aliphatic heterocycles. The molecule has 0 heterocycles. The Morgan fingerprint density at radius 3 is 2.31 bits per heavy atom. The van der Waals surface area contributed by atoms with E-state index >= 15 is 0 Å². The molecule has 0 aliphatic rings. The molecule has 0 atom stereocenters. The summed E-state index contributed by atoms with van der Waals surface area (Å²) in [6.07, 6.45) is 0. The molecule has 0 aliphatic carbocycles. The lowest BCUT2D eigenvalue weighted by Gasteiger charge is -2.03. The average Bonchev–Trinajstić information content (AvgIpc) is 2.31. The van der Waals surface area contributed by atoms with Gasteiger partial charge < -0.3 is 9.94 Å². The SMILES string of the molecule is CCOc1ccc(N=C(C)/C(C)=N\O)cc1. The molecule has 0 unspecified atom stereocenters. The maximum Gasteiger partial charge on any atom is 0.119 e. The highest BCUT2D eigenvalue weighted by molar-refractivity contribution is 6.40. The van der Waals surface area contributed by atoms with E-state index < -0.39 is 0 Å². The van der Waals surface area contributed by atoms with Crippen molar-refractivity contribution in [2.24, 2.45) is 10.1 Å². The zero-order valence-electron chi connectivity index (χ0n) is 9.77. The van der Waals surface area contributed by atoms with E-state index in [1.165, 1.54) is 0 Å². The molecule has 1 N–H and O–H groups in total. The standard InChI is InChI=1S/C12H16N2O2/c1-4-16-12-7-5-11(6-8-12)13-9(2)10(3)14-15/h5-8,15H,4H2,1-3H3/b13-9?,14-10-. The minimum atomic E-state index is 0.508. The second kappa shape index (κ2) is 5.90. The first-order valence-corrected chi connectivity index (χ1v) is 5.14. The van der Waals surface area contributed by atoms with Crippen LogP contribution in [-0.4, -0.2) is 23.2 Å². The van der Waals surface area contributed by atoms with E-state index in [1.54, 1.807) is 13.8 Å². The van der Waals surface area contributed by atoms with Crippen LogP contribution in [0.1, 0.15) is 20.8 Å². The summed E-state index contributed by atoms with van der Waals surface area (Å²) in [6.45, 7) is 6.09. The molecule has 16 heavy (non-hydrogen) atoms. The first-order chi connectivity index (χ1) is 7.67. The van der Waals surface area contributed by atoms with E-state index in [1.807, 2.05) is 31.2 Å². The minimum absolute atomic E-state index is 0.508. The predicted octanol–water partition coefficient (Wildman–Crippen LogP) is 3.03. The van der Waals surface area contributed by atoms with Gasteiger partial charge in [-0.2, -0.15) is 0 Å². The summed E-state index contributed by atoms with van der Waals surface area (Å²) in [5, 5.41) is 11.7. The number of nitrogens with zero attached hydrogens (tertiary/aromatic N) is 2. The zero-order valence-corrected chi connectivity index (χ0v) is 9.77. The van der Waals surface area contributed by atoms with Crippen LogP contribution in [0.2, 0.25) is 0 Å². The van der Waals surface area contributed by atoms with Crippen molar-refractivity contribution in [2.45, 2.75) is 20.8 Å². The van der Waals surface area contributed by atoms with Gasteiger partial charge in [-0.05, 0) is 45.0 Å². The first kappa shape index (κ1) is 12.2. The molecule has 4 heteroatoms. The molecular weight excluding hydrogens is 204 g/mol. The van der Waals surface area contributed by atoms with Crippen LogP contribution >= 0.6 is 0 Å². The third-order valence-corrected chi connectivity index (χ3v) is 2.12. The fraction of sp³-hybridized carbons (Fsp3) is 0.333. The Balaban J connectivity index is 2.82. The number of ether oxygens (including phenoxy) is 1. The molecule has 4 nitrogen and oxygen atoms in total. The molecule has 0 aromatic heterocycles. The van der Waals surface area contributed by atoms with Gasteiger partial charge in [0, 0.05) is 0 Å². The zero-order chi connectivity index (χ0) is 12.0. The lowest BCUT2D eigenvalue weighted by Crippen LogP contribution is -2.04. The molecule has 86 valence electrons. The summed E-state index contributed by atoms with van der Waals surface area (Å²) >= 11 is 0. The van der Waals surface area contributed by atoms with Crippen molar-refractivity contribution in [1.29, 1.82) is 0 Å². The van der Waals surface area contributed by atoms with Gasteiger partial charge in [0.2, 0.25) is 0 Å². The number of benzene rings is 1. The van der Waals surface area contributed by atoms with Crippen LogP contribution < -0.4 is 4.74 Å². The normalized spacial score (nSPS) is 12.7. The van der Waals surface area contributed by atoms with E-state index in [-0.39, 0.29) is 0 Å². The van der Waals surface area contributed by atoms with Gasteiger partial charge in [0.05, 0.1) is 23.7 Å². The molecule has 1 rings (SSSR count). The molecule has 0 radical (unpaired) electrons. The van der Waals surface area contributed by atoms with Crippen molar-refractivity contribution in [3.8, 4) is 5.75 Å². The van der Waals surface area contributed by atoms with Crippen LogP contribution in [0.25, 0.3) is 0 Å². The van der Waals surface area contributed by atoms with Gasteiger partial charge in [-0.15, -0.1) is 0 Å². The summed E-state index contributed by atoms with van der Waals surface area (Å²) in [6, 6.07) is 7.44. The monoisotopic (exact) mass is 220 g/mol. The van der Waals surface area contributed by atoms with Crippen molar-refractivity contribution in [2.75, 3.05) is 6.61 Å². The summed E-state index contributed by atoms with van der Waals surface area (Å²) in [4.78, 5) is 4.30. The van der Waals surface area contributed by atoms with Crippen molar-refractivity contribution in [1.82, 2.24) is 0 Å². The number of aliphatic imine (C=N–C) groups is 1. The molecule has 0 amide bonds. The molecule has 0 saturated heterocycles. The Bertz CT molecular complexity index is 394. The van der Waals surface area contributed by atoms with Gasteiger partial charge in [0.25, 0.3) is 0 Å². The Morgan fingerprint density at radius 1 is 1.19 bits per heavy atom. The Kier molecular flexibility index (Phi) is 4.51. The van der Waals surface area contributed by atoms with E-state index in [0.717, 1.165) is 11.4 Å². The first-order valence-electron chi connectivity index (χ1n) is 5.14. The summed E-state index contributed by atoms with van der Waals surface area (Å²) in [5.74, 6) is 0.826. The number of oxime groups is 1. The Morgan fingerprint density at radius 2 is 1.81 bits per heavy atom. The Hall–Kier alpha value is -1.84. The lowest BCUT2D eigenvalue weighted by molar-refractivity contribution is 0.320. The summed E-state index contributed by atoms with van der Waals surface area (Å²) < 4.78 is 5.32. The van der Waals surface area contributed by atoms with Gasteiger partial charge in [0.1, 0.15) is 5.75 Å². The number of hydrogen-bond donors (Lipinski definition) is 1. The van der Waals surface area contributed by atoms with Crippen molar-refractivity contribution >= 4 is 17.1 Å². The highest BCUT2D eigenvalue weighted by Gasteiger charge is 1.98. The van der Waals surface area contributed by atoms with Crippen LogP contribution in [0.4, 0.5) is 5.69 Å². The summed E-state index contributed by atoms with van der Waals surface area (Å²) in [5.41, 5.74) is 2.00. The van der Waals surface area contributed by atoms with Gasteiger partial charge in [-0.25, -0.2) is 0 Å². The molecule has 1 aromatic rings. The van der Waals surface area contributed by atoms with Crippen LogP contribution in [0, 0.1) is 0 Å². The highest BCUT2D eigenvalue weighted by Crippen LogP contribution is 2.18. The molecular formula is C12H16N2O2. The van der Waals surface area contributed by atoms with E-state index in [4.69, 9.17) is 9.94 Å². The van der Waals surface area contributed by atoms with Gasteiger partial charge >= 0.3 is 0 Å². The van der Waals surface area contributed by atoms with Crippen LogP contribution in [0.5, 0.6) is 5.75 Å². The van der Waals surface area contributed by atoms with E-state index in [0.29, 0.717) is 18.0 Å². The van der Waals surface area contributed by atoms with Crippen LogP contribution in [-0.2, 0) is 0 Å². The fourth-order valence-electron chi connectivity index (χ4n) is 1.13. The van der Waals surface area contributed by atoms with E-state index in [9.17, 15) is 0 Å². The number of rotatable bonds is 4. The van der Waals surface area contributed by atoms with Crippen LogP contribution in [0.15, 0.2) is 34.4 Å². The average molecular weight is 220 g/mol. The topological polar surface area (TPSA) is 54.2 Å². The largest absolute Gasteiger partial charge is 0.494 e. The van der Waals surface area contributed by atoms with E-state index in [2.05, 4.69) is 10.1 Å². The highest BCUT2D eigenvalue weighted by atomic mass is 16.5. The lowest BCUT2D eigenvalue weighted by atomic mass is 10.2. The maximum absolute atomic E-state index is 8.58. The molecule has 0 spiro atoms. The fourth-order valence-corrected chi connectivity index (χ4v) is 1.13. The van der Waals surface area contributed by atoms with Crippen LogP contribution in [0.3, 0.4) is 0 Å². The molecule has 0 fully saturated rings.